The van der Waals surface area contributed by atoms with Crippen molar-refractivity contribution in [2.24, 2.45) is 0 Å². The first-order valence-electron chi connectivity index (χ1n) is 5.36. The van der Waals surface area contributed by atoms with E-state index < -0.39 is 42.4 Å². The fraction of sp³-hybridized carbons (Fsp3) is 0.333. The number of rotatable bonds is 3. The molecule has 0 heterocycles. The summed E-state index contributed by atoms with van der Waals surface area (Å²) in [6.45, 7) is 4.36. The molecule has 1 aromatic rings. The van der Waals surface area contributed by atoms with Crippen LogP contribution in [0.2, 0.25) is 0 Å². The molecule has 0 N–H and O–H groups in total. The Morgan fingerprint density at radius 2 is 1.81 bits per heavy atom. The van der Waals surface area contributed by atoms with Crippen LogP contribution in [0.25, 0.3) is 4.85 Å². The van der Waals surface area contributed by atoms with Crippen molar-refractivity contribution in [2.45, 2.75) is 12.4 Å². The third kappa shape index (κ3) is 4.56. The van der Waals surface area contributed by atoms with E-state index in [9.17, 15) is 26.3 Å². The van der Waals surface area contributed by atoms with Gasteiger partial charge >= 0.3 is 12.4 Å². The first-order valence-corrected chi connectivity index (χ1v) is 5.36. The quantitative estimate of drug-likeness (QED) is 0.477. The molecule has 9 heteroatoms. The standard InChI is InChI=1S/C12H7F6N3/c1-20-10-3-2-8(6-9(10)12(16,17)18)21(5-4-19)7-11(13,14)15/h2-3,6H,5,7H2. The Labute approximate surface area is 115 Å². The number of hydrogen-bond acceptors (Lipinski definition) is 2. The summed E-state index contributed by atoms with van der Waals surface area (Å²) >= 11 is 0. The smallest absolute Gasteiger partial charge is 0.349 e. The molecule has 0 amide bonds. The summed E-state index contributed by atoms with van der Waals surface area (Å²) in [7, 11) is 0. The molecule has 1 rings (SSSR count). The van der Waals surface area contributed by atoms with Crippen molar-refractivity contribution in [3.63, 3.8) is 0 Å². The number of anilines is 1. The fourth-order valence-corrected chi connectivity index (χ4v) is 1.59. The summed E-state index contributed by atoms with van der Waals surface area (Å²) in [4.78, 5) is 3.14. The van der Waals surface area contributed by atoms with E-state index in [-0.39, 0.29) is 0 Å². The predicted octanol–water partition coefficient (Wildman–Crippen LogP) is 4.15. The molecule has 0 saturated heterocycles. The highest BCUT2D eigenvalue weighted by molar-refractivity contribution is 5.62. The fourth-order valence-electron chi connectivity index (χ4n) is 1.59. The Kier molecular flexibility index (Phi) is 4.69. The molecule has 3 nitrogen and oxygen atoms in total. The molecule has 1 aromatic carbocycles. The second kappa shape index (κ2) is 5.92. The monoisotopic (exact) mass is 307 g/mol. The molecule has 0 saturated carbocycles. The van der Waals surface area contributed by atoms with Gasteiger partial charge in [-0.25, -0.2) is 4.85 Å². The molecule has 0 aliphatic rings. The van der Waals surface area contributed by atoms with Crippen LogP contribution in [-0.2, 0) is 6.18 Å². The minimum absolute atomic E-state index is 0.423. The van der Waals surface area contributed by atoms with Gasteiger partial charge in [-0.2, -0.15) is 31.6 Å². The van der Waals surface area contributed by atoms with Gasteiger partial charge in [0.2, 0.25) is 0 Å². The second-order valence-corrected chi connectivity index (χ2v) is 3.94. The average Bonchev–Trinajstić information content (AvgIpc) is 2.35. The van der Waals surface area contributed by atoms with Crippen LogP contribution in [0, 0.1) is 17.9 Å². The van der Waals surface area contributed by atoms with Crippen LogP contribution in [0.3, 0.4) is 0 Å². The number of alkyl halides is 6. The topological polar surface area (TPSA) is 31.4 Å². The van der Waals surface area contributed by atoms with Crippen molar-refractivity contribution in [1.82, 2.24) is 0 Å². The van der Waals surface area contributed by atoms with E-state index in [4.69, 9.17) is 11.8 Å². The van der Waals surface area contributed by atoms with E-state index in [0.717, 1.165) is 12.1 Å². The third-order valence-corrected chi connectivity index (χ3v) is 2.40. The summed E-state index contributed by atoms with van der Waals surface area (Å²) in [5.41, 5.74) is -2.47. The number of nitriles is 1. The van der Waals surface area contributed by atoms with E-state index in [0.29, 0.717) is 11.0 Å². The Bertz CT molecular complexity index is 591. The molecule has 21 heavy (non-hydrogen) atoms. The zero-order valence-electron chi connectivity index (χ0n) is 10.3. The SMILES string of the molecule is [C-]#[N+]c1ccc(N(CC#N)CC(F)(F)F)cc1C(F)(F)F. The molecular weight excluding hydrogens is 300 g/mol. The predicted molar refractivity (Wildman–Crippen MR) is 61.6 cm³/mol. The molecule has 0 unspecified atom stereocenters. The maximum atomic E-state index is 12.8. The van der Waals surface area contributed by atoms with Gasteiger partial charge < -0.3 is 4.90 Å². The third-order valence-electron chi connectivity index (χ3n) is 2.40. The van der Waals surface area contributed by atoms with Crippen LogP contribution in [-0.4, -0.2) is 19.3 Å². The molecule has 0 spiro atoms. The van der Waals surface area contributed by atoms with E-state index in [2.05, 4.69) is 4.85 Å². The van der Waals surface area contributed by atoms with Crippen LogP contribution in [0.4, 0.5) is 37.7 Å². The zero-order chi connectivity index (χ0) is 16.3. The Morgan fingerprint density at radius 1 is 1.19 bits per heavy atom. The van der Waals surface area contributed by atoms with Gasteiger partial charge in [0.05, 0.1) is 18.2 Å². The molecule has 0 radical (unpaired) electrons. The van der Waals surface area contributed by atoms with Gasteiger partial charge in [0.1, 0.15) is 13.1 Å². The first-order chi connectivity index (χ1) is 9.58. The summed E-state index contributed by atoms with van der Waals surface area (Å²) in [6, 6.07) is 3.63. The van der Waals surface area contributed by atoms with Crippen LogP contribution in [0.5, 0.6) is 0 Å². The lowest BCUT2D eigenvalue weighted by atomic mass is 10.1. The molecule has 112 valence electrons. The van der Waals surface area contributed by atoms with Gasteiger partial charge in [0, 0.05) is 5.69 Å². The van der Waals surface area contributed by atoms with E-state index in [1.807, 2.05) is 0 Å². The largest absolute Gasteiger partial charge is 0.407 e. The second-order valence-electron chi connectivity index (χ2n) is 3.94. The maximum Gasteiger partial charge on any atom is 0.407 e. The highest BCUT2D eigenvalue weighted by Gasteiger charge is 2.35. The van der Waals surface area contributed by atoms with Gasteiger partial charge in [0.15, 0.2) is 5.69 Å². The molecule has 0 aliphatic carbocycles. The number of nitrogens with zero attached hydrogens (tertiary/aromatic N) is 3. The van der Waals surface area contributed by atoms with Crippen molar-refractivity contribution in [2.75, 3.05) is 18.0 Å². The molecular formula is C12H7F6N3. The average molecular weight is 307 g/mol. The Hall–Kier alpha value is -2.42. The maximum absolute atomic E-state index is 12.8. The normalized spacial score (nSPS) is 11.6. The summed E-state index contributed by atoms with van der Waals surface area (Å²) < 4.78 is 75.4. The van der Waals surface area contributed by atoms with Crippen molar-refractivity contribution < 1.29 is 26.3 Å². The van der Waals surface area contributed by atoms with Crippen LogP contribution >= 0.6 is 0 Å². The lowest BCUT2D eigenvalue weighted by Gasteiger charge is -2.24. The van der Waals surface area contributed by atoms with E-state index in [1.54, 1.807) is 0 Å². The van der Waals surface area contributed by atoms with E-state index >= 15 is 0 Å². The molecule has 0 atom stereocenters. The van der Waals surface area contributed by atoms with Crippen LogP contribution in [0.1, 0.15) is 5.56 Å². The Morgan fingerprint density at radius 3 is 2.24 bits per heavy atom. The molecule has 0 aromatic heterocycles. The van der Waals surface area contributed by atoms with Gasteiger partial charge in [0.25, 0.3) is 0 Å². The van der Waals surface area contributed by atoms with Crippen LogP contribution in [0.15, 0.2) is 18.2 Å². The lowest BCUT2D eigenvalue weighted by molar-refractivity contribution is -0.136. The summed E-state index contributed by atoms with van der Waals surface area (Å²) in [5, 5.41) is 8.50. The summed E-state index contributed by atoms with van der Waals surface area (Å²) in [6.07, 6.45) is -9.54. The minimum atomic E-state index is -4.87. The zero-order valence-corrected chi connectivity index (χ0v) is 10.3. The molecule has 0 fully saturated rings. The van der Waals surface area contributed by atoms with E-state index in [1.165, 1.54) is 6.07 Å². The van der Waals surface area contributed by atoms with Crippen molar-refractivity contribution in [1.29, 1.82) is 5.26 Å². The van der Waals surface area contributed by atoms with Gasteiger partial charge in [-0.3, -0.25) is 0 Å². The lowest BCUT2D eigenvalue weighted by Crippen LogP contribution is -2.34. The van der Waals surface area contributed by atoms with Crippen molar-refractivity contribution in [3.05, 3.63) is 35.2 Å². The van der Waals surface area contributed by atoms with Gasteiger partial charge in [-0.1, -0.05) is 6.07 Å². The number of hydrogen-bond donors (Lipinski definition) is 0. The number of benzene rings is 1. The van der Waals surface area contributed by atoms with Crippen molar-refractivity contribution >= 4 is 11.4 Å². The highest BCUT2D eigenvalue weighted by Crippen LogP contribution is 2.39. The minimum Gasteiger partial charge on any atom is -0.349 e. The summed E-state index contributed by atoms with van der Waals surface area (Å²) in [5.74, 6) is 0. The van der Waals surface area contributed by atoms with Crippen LogP contribution < -0.4 is 4.90 Å². The number of halogens is 6. The molecule has 0 bridgehead atoms. The van der Waals surface area contributed by atoms with Gasteiger partial charge in [-0.05, 0) is 12.1 Å². The van der Waals surface area contributed by atoms with Gasteiger partial charge in [-0.15, -0.1) is 0 Å². The molecule has 0 aliphatic heterocycles. The van der Waals surface area contributed by atoms with Crippen molar-refractivity contribution in [3.8, 4) is 6.07 Å². The first kappa shape index (κ1) is 16.6. The Balaban J connectivity index is 3.29. The highest BCUT2D eigenvalue weighted by atomic mass is 19.4.